The molecule has 6 nitrogen and oxygen atoms in total. The predicted octanol–water partition coefficient (Wildman–Crippen LogP) is 0.279. The number of aliphatic hydroxyl groups is 1. The van der Waals surface area contributed by atoms with Crippen LogP contribution in [0.1, 0.15) is 9.80 Å². The Hall–Kier alpha value is -1.35. The van der Waals surface area contributed by atoms with Crippen molar-refractivity contribution in [3.05, 3.63) is 5.01 Å². The number of anilines is 1. The Balaban J connectivity index is 2.75. The molecule has 0 bridgehead atoms. The molecule has 0 atom stereocenters. The first-order chi connectivity index (χ1) is 8.08. The highest BCUT2D eigenvalue weighted by atomic mass is 32.1. The van der Waals surface area contributed by atoms with Crippen LogP contribution in [0.4, 0.5) is 13.9 Å². The lowest BCUT2D eigenvalue weighted by Gasteiger charge is -2.19. The number of alkyl halides is 2. The molecule has 0 aliphatic rings. The Morgan fingerprint density at radius 3 is 2.76 bits per heavy atom. The molecule has 0 saturated heterocycles. The minimum Gasteiger partial charge on any atom is -0.395 e. The maximum Gasteiger partial charge on any atom is 0.285 e. The lowest BCUT2D eigenvalue weighted by atomic mass is 10.4. The van der Waals surface area contributed by atoms with Crippen LogP contribution < -0.4 is 5.32 Å². The first-order valence-corrected chi connectivity index (χ1v) is 5.59. The number of rotatable bonds is 6. The van der Waals surface area contributed by atoms with Crippen molar-refractivity contribution < 1.29 is 18.7 Å². The molecule has 1 amide bonds. The highest BCUT2D eigenvalue weighted by Crippen LogP contribution is 2.16. The fraction of sp³-hybridized carbons (Fsp3) is 0.625. The van der Waals surface area contributed by atoms with Gasteiger partial charge in [-0.05, 0) is 0 Å². The number of halogens is 2. The van der Waals surface area contributed by atoms with Crippen LogP contribution in [0.3, 0.4) is 0 Å². The van der Waals surface area contributed by atoms with E-state index in [-0.39, 0.29) is 18.2 Å². The molecule has 0 spiro atoms. The Kier molecular flexibility index (Phi) is 5.16. The zero-order valence-electron chi connectivity index (χ0n) is 9.06. The number of nitrogens with zero attached hydrogens (tertiary/aromatic N) is 3. The zero-order valence-corrected chi connectivity index (χ0v) is 9.88. The fourth-order valence-electron chi connectivity index (χ4n) is 1.11. The van der Waals surface area contributed by atoms with E-state index >= 15 is 0 Å². The SMILES string of the molecule is CNc1nnc(C(=O)N(CCO)CC(F)F)s1. The summed E-state index contributed by atoms with van der Waals surface area (Å²) in [6.07, 6.45) is -2.65. The summed E-state index contributed by atoms with van der Waals surface area (Å²) in [6.45, 7) is -1.26. The van der Waals surface area contributed by atoms with Crippen LogP contribution >= 0.6 is 11.3 Å². The van der Waals surface area contributed by atoms with Gasteiger partial charge in [0.2, 0.25) is 10.1 Å². The van der Waals surface area contributed by atoms with Gasteiger partial charge in [-0.3, -0.25) is 4.79 Å². The lowest BCUT2D eigenvalue weighted by Crippen LogP contribution is -2.37. The summed E-state index contributed by atoms with van der Waals surface area (Å²) >= 11 is 0.971. The number of amides is 1. The van der Waals surface area contributed by atoms with Gasteiger partial charge in [0.15, 0.2) is 0 Å². The molecule has 17 heavy (non-hydrogen) atoms. The molecule has 1 aromatic rings. The highest BCUT2D eigenvalue weighted by molar-refractivity contribution is 7.17. The summed E-state index contributed by atoms with van der Waals surface area (Å²) in [4.78, 5) is 12.6. The van der Waals surface area contributed by atoms with Crippen LogP contribution in [-0.4, -0.2) is 59.3 Å². The molecule has 0 unspecified atom stereocenters. The number of aromatic nitrogens is 2. The maximum atomic E-state index is 12.2. The Morgan fingerprint density at radius 1 is 1.59 bits per heavy atom. The van der Waals surface area contributed by atoms with Crippen molar-refractivity contribution in [1.82, 2.24) is 15.1 Å². The van der Waals surface area contributed by atoms with E-state index in [0.717, 1.165) is 16.2 Å². The van der Waals surface area contributed by atoms with E-state index in [1.807, 2.05) is 0 Å². The van der Waals surface area contributed by atoms with E-state index in [0.29, 0.717) is 5.13 Å². The number of hydrogen-bond donors (Lipinski definition) is 2. The Bertz CT molecular complexity index is 374. The maximum absolute atomic E-state index is 12.2. The zero-order chi connectivity index (χ0) is 12.8. The number of carbonyl (C=O) groups is 1. The van der Waals surface area contributed by atoms with Gasteiger partial charge in [0, 0.05) is 13.6 Å². The van der Waals surface area contributed by atoms with E-state index in [1.165, 1.54) is 0 Å². The molecule has 1 heterocycles. The van der Waals surface area contributed by atoms with Crippen LogP contribution in [0.25, 0.3) is 0 Å². The molecule has 2 N–H and O–H groups in total. The molecule has 1 aromatic heterocycles. The summed E-state index contributed by atoms with van der Waals surface area (Å²) in [5.74, 6) is -0.654. The molecule has 0 aromatic carbocycles. The number of nitrogens with one attached hydrogen (secondary N) is 1. The van der Waals surface area contributed by atoms with Gasteiger partial charge in [0.1, 0.15) is 0 Å². The summed E-state index contributed by atoms with van der Waals surface area (Å²) in [6, 6.07) is 0. The van der Waals surface area contributed by atoms with E-state index in [4.69, 9.17) is 5.11 Å². The van der Waals surface area contributed by atoms with Gasteiger partial charge < -0.3 is 15.3 Å². The topological polar surface area (TPSA) is 78.4 Å². The van der Waals surface area contributed by atoms with E-state index in [1.54, 1.807) is 7.05 Å². The molecule has 9 heteroatoms. The van der Waals surface area contributed by atoms with Crippen molar-refractivity contribution >= 4 is 22.4 Å². The first kappa shape index (κ1) is 13.7. The fourth-order valence-corrected chi connectivity index (χ4v) is 1.77. The van der Waals surface area contributed by atoms with Crippen LogP contribution in [0.2, 0.25) is 0 Å². The summed E-state index contributed by atoms with van der Waals surface area (Å²) in [5.41, 5.74) is 0. The first-order valence-electron chi connectivity index (χ1n) is 4.78. The second-order valence-electron chi connectivity index (χ2n) is 3.03. The molecule has 0 saturated carbocycles. The van der Waals surface area contributed by atoms with Crippen LogP contribution in [0, 0.1) is 0 Å². The van der Waals surface area contributed by atoms with Crippen molar-refractivity contribution in [2.45, 2.75) is 6.43 Å². The van der Waals surface area contributed by atoms with Crippen LogP contribution in [-0.2, 0) is 0 Å². The monoisotopic (exact) mass is 266 g/mol. The van der Waals surface area contributed by atoms with Crippen LogP contribution in [0.15, 0.2) is 0 Å². The average Bonchev–Trinajstić information content (AvgIpc) is 2.75. The minimum absolute atomic E-state index is 0.0171. The van der Waals surface area contributed by atoms with Crippen molar-refractivity contribution in [3.8, 4) is 0 Å². The lowest BCUT2D eigenvalue weighted by molar-refractivity contribution is 0.0508. The third kappa shape index (κ3) is 3.86. The molecule has 0 fully saturated rings. The number of carbonyl (C=O) groups excluding carboxylic acids is 1. The molecule has 0 aliphatic heterocycles. The van der Waals surface area contributed by atoms with E-state index in [2.05, 4.69) is 15.5 Å². The Morgan fingerprint density at radius 2 is 2.29 bits per heavy atom. The molecule has 0 radical (unpaired) electrons. The summed E-state index contributed by atoms with van der Waals surface area (Å²) in [7, 11) is 1.61. The normalized spacial score (nSPS) is 10.6. The minimum atomic E-state index is -2.65. The predicted molar refractivity (Wildman–Crippen MR) is 58.4 cm³/mol. The second-order valence-corrected chi connectivity index (χ2v) is 4.01. The van der Waals surface area contributed by atoms with Gasteiger partial charge in [-0.15, -0.1) is 10.2 Å². The van der Waals surface area contributed by atoms with Gasteiger partial charge in [-0.1, -0.05) is 11.3 Å². The van der Waals surface area contributed by atoms with Gasteiger partial charge in [-0.2, -0.15) is 0 Å². The molecule has 0 aliphatic carbocycles. The third-order valence-electron chi connectivity index (χ3n) is 1.84. The van der Waals surface area contributed by atoms with Crippen molar-refractivity contribution in [2.75, 3.05) is 32.1 Å². The highest BCUT2D eigenvalue weighted by Gasteiger charge is 2.22. The molecular weight excluding hydrogens is 254 g/mol. The van der Waals surface area contributed by atoms with Crippen LogP contribution in [0.5, 0.6) is 0 Å². The molecule has 96 valence electrons. The standard InChI is InChI=1S/C8H12F2N4O2S/c1-11-8-13-12-6(17-8)7(16)14(2-3-15)4-5(9)10/h5,15H,2-4H2,1H3,(H,11,13). The van der Waals surface area contributed by atoms with Gasteiger partial charge >= 0.3 is 0 Å². The summed E-state index contributed by atoms with van der Waals surface area (Å²) < 4.78 is 24.5. The third-order valence-corrected chi connectivity index (χ3v) is 2.77. The van der Waals surface area contributed by atoms with Gasteiger partial charge in [0.25, 0.3) is 12.3 Å². The second kappa shape index (κ2) is 6.40. The van der Waals surface area contributed by atoms with Gasteiger partial charge in [-0.25, -0.2) is 8.78 Å². The molecular formula is C8H12F2N4O2S. The smallest absolute Gasteiger partial charge is 0.285 e. The molecule has 1 rings (SSSR count). The quantitative estimate of drug-likeness (QED) is 0.773. The summed E-state index contributed by atoms with van der Waals surface area (Å²) in [5, 5.41) is 19.1. The van der Waals surface area contributed by atoms with Crippen molar-refractivity contribution in [2.24, 2.45) is 0 Å². The number of aliphatic hydroxyl groups excluding tert-OH is 1. The van der Waals surface area contributed by atoms with E-state index < -0.39 is 18.9 Å². The largest absolute Gasteiger partial charge is 0.395 e. The van der Waals surface area contributed by atoms with Crippen molar-refractivity contribution in [3.63, 3.8) is 0 Å². The average molecular weight is 266 g/mol. The number of hydrogen-bond acceptors (Lipinski definition) is 6. The van der Waals surface area contributed by atoms with Gasteiger partial charge in [0.05, 0.1) is 13.2 Å². The Labute approximate surface area is 100 Å². The van der Waals surface area contributed by atoms with E-state index in [9.17, 15) is 13.6 Å². The van der Waals surface area contributed by atoms with Crippen molar-refractivity contribution in [1.29, 1.82) is 0 Å².